The molecule has 5 aliphatic rings. The van der Waals surface area contributed by atoms with Crippen molar-refractivity contribution in [3.63, 3.8) is 0 Å². The highest BCUT2D eigenvalue weighted by molar-refractivity contribution is 5.77. The summed E-state index contributed by atoms with van der Waals surface area (Å²) in [6.45, 7) is 25.9. The molecule has 4 nitrogen and oxygen atoms in total. The fourth-order valence-corrected chi connectivity index (χ4v) is 12.2. The Labute approximate surface area is 293 Å². The van der Waals surface area contributed by atoms with Crippen molar-refractivity contribution >= 4 is 11.9 Å². The predicted molar refractivity (Wildman–Crippen MR) is 197 cm³/mol. The van der Waals surface area contributed by atoms with E-state index in [1.807, 2.05) is 0 Å². The van der Waals surface area contributed by atoms with Gasteiger partial charge in [0.1, 0.15) is 0 Å². The predicted octanol–water partition coefficient (Wildman–Crippen LogP) is 11.4. The zero-order valence-electron chi connectivity index (χ0n) is 31.8. The highest BCUT2D eigenvalue weighted by Gasteiger charge is 2.57. The maximum Gasteiger partial charge on any atom is 0.306 e. The summed E-state index contributed by atoms with van der Waals surface area (Å²) in [6.07, 6.45) is 24.7. The monoisotopic (exact) mass is 661 g/mol. The summed E-state index contributed by atoms with van der Waals surface area (Å²) in [4.78, 5) is 25.9. The summed E-state index contributed by atoms with van der Waals surface area (Å²) < 4.78 is 11.8. The average Bonchev–Trinajstić information content (AvgIpc) is 3.06. The molecule has 5 rings (SSSR count). The van der Waals surface area contributed by atoms with Gasteiger partial charge in [0.25, 0.3) is 0 Å². The highest BCUT2D eigenvalue weighted by atomic mass is 16.5. The summed E-state index contributed by atoms with van der Waals surface area (Å²) in [5.74, 6) is 1.81. The number of esters is 2. The third kappa shape index (κ3) is 6.69. The summed E-state index contributed by atoms with van der Waals surface area (Å²) in [5, 5.41) is 0. The molecule has 0 amide bonds. The van der Waals surface area contributed by atoms with Gasteiger partial charge in [-0.3, -0.25) is 9.59 Å². The van der Waals surface area contributed by atoms with Crippen LogP contribution >= 0.6 is 0 Å². The van der Waals surface area contributed by atoms with Gasteiger partial charge in [0.2, 0.25) is 0 Å². The molecule has 268 valence electrons. The first-order valence-corrected chi connectivity index (χ1v) is 19.7. The molecule has 48 heavy (non-hydrogen) atoms. The van der Waals surface area contributed by atoms with Crippen LogP contribution in [0.15, 0.2) is 48.6 Å². The van der Waals surface area contributed by atoms with E-state index in [4.69, 9.17) is 9.47 Å². The van der Waals surface area contributed by atoms with Crippen molar-refractivity contribution in [3.05, 3.63) is 48.6 Å². The number of allylic oxidation sites excluding steroid dienone is 6. The van der Waals surface area contributed by atoms with Gasteiger partial charge in [-0.25, -0.2) is 0 Å². The molecule has 10 atom stereocenters. The summed E-state index contributed by atoms with van der Waals surface area (Å²) in [6, 6.07) is 0. The topological polar surface area (TPSA) is 52.6 Å². The van der Waals surface area contributed by atoms with E-state index in [1.165, 1.54) is 38.5 Å². The summed E-state index contributed by atoms with van der Waals surface area (Å²) >= 11 is 0. The second-order valence-corrected chi connectivity index (χ2v) is 18.1. The number of hydrogen-bond donors (Lipinski definition) is 0. The van der Waals surface area contributed by atoms with Crippen LogP contribution in [-0.2, 0) is 19.1 Å². The number of hydrogen-bond acceptors (Lipinski definition) is 4. The number of fused-ring (bicyclic) bond motifs is 4. The summed E-state index contributed by atoms with van der Waals surface area (Å²) in [5.41, 5.74) is 3.84. The largest absolute Gasteiger partial charge is 0.465 e. The molecule has 0 radical (unpaired) electrons. The van der Waals surface area contributed by atoms with E-state index < -0.39 is 0 Å². The van der Waals surface area contributed by atoms with E-state index in [0.717, 1.165) is 44.9 Å². The second-order valence-electron chi connectivity index (χ2n) is 18.1. The van der Waals surface area contributed by atoms with Crippen molar-refractivity contribution in [2.45, 2.75) is 145 Å². The van der Waals surface area contributed by atoms with E-state index >= 15 is 0 Å². The van der Waals surface area contributed by atoms with Crippen LogP contribution in [-0.4, -0.2) is 25.2 Å². The van der Waals surface area contributed by atoms with Gasteiger partial charge in [0.15, 0.2) is 0 Å². The van der Waals surface area contributed by atoms with Gasteiger partial charge in [-0.2, -0.15) is 0 Å². The van der Waals surface area contributed by atoms with Gasteiger partial charge >= 0.3 is 11.9 Å². The van der Waals surface area contributed by atoms with Gasteiger partial charge in [-0.15, -0.1) is 13.2 Å². The van der Waals surface area contributed by atoms with Crippen molar-refractivity contribution in [1.82, 2.24) is 0 Å². The van der Waals surface area contributed by atoms with Crippen LogP contribution in [0.1, 0.15) is 145 Å². The molecule has 0 aromatic carbocycles. The van der Waals surface area contributed by atoms with Crippen LogP contribution in [0.2, 0.25) is 0 Å². The number of ether oxygens (including phenoxy) is 2. The lowest BCUT2D eigenvalue weighted by Crippen LogP contribution is -2.53. The number of carbonyl (C=O) groups excluding carboxylic acids is 2. The van der Waals surface area contributed by atoms with Crippen molar-refractivity contribution in [2.75, 3.05) is 13.2 Å². The standard InChI is InChI=1S/C44H68O4/c1-10-24-43(8)32(18-19-33-35(43)16-13-25-40(33,5)11-2)31(4)29-47-38(45)22-23-39(46)48-30-42(7)27-15-28-44(9)36-17-14-26-41(6,12-3)34(36)20-21-37(42)44/h11-12,16-17,31-34,37H,2-3,10,13-15,18-30H2,1,4-9H3/t31-,32?,33?,34?,37?,40+,41+,42+,43-,44+/m1/s1. The van der Waals surface area contributed by atoms with Crippen molar-refractivity contribution in [3.8, 4) is 0 Å². The Morgan fingerprint density at radius 2 is 1.42 bits per heavy atom. The smallest absolute Gasteiger partial charge is 0.306 e. The minimum atomic E-state index is -0.287. The zero-order valence-corrected chi connectivity index (χ0v) is 31.8. The molecule has 3 saturated carbocycles. The Kier molecular flexibility index (Phi) is 11.0. The van der Waals surface area contributed by atoms with E-state index in [9.17, 15) is 9.59 Å². The first-order valence-electron chi connectivity index (χ1n) is 19.7. The minimum Gasteiger partial charge on any atom is -0.465 e. The van der Waals surface area contributed by atoms with Crippen molar-refractivity contribution < 1.29 is 19.1 Å². The number of carbonyl (C=O) groups is 2. The first kappa shape index (κ1) is 37.2. The van der Waals surface area contributed by atoms with Gasteiger partial charge in [-0.05, 0) is 122 Å². The van der Waals surface area contributed by atoms with E-state index in [1.54, 1.807) is 11.1 Å². The quantitative estimate of drug-likeness (QED) is 0.154. The fourth-order valence-electron chi connectivity index (χ4n) is 12.2. The lowest BCUT2D eigenvalue weighted by atomic mass is 9.44. The lowest BCUT2D eigenvalue weighted by molar-refractivity contribution is -0.157. The SMILES string of the molecule is C=C[C@@]1(C)CCC=C2C1CCC([C@H](C)COC(=O)CCC(=O)OC[C@]1(C)CCC[C@@]3(C)C4=CCC[C@](C)(C=C)C4CCC13)[C@@]2(C)CCC. The molecule has 0 aromatic heterocycles. The molecule has 0 bridgehead atoms. The van der Waals surface area contributed by atoms with E-state index in [-0.39, 0.29) is 57.8 Å². The third-order valence-corrected chi connectivity index (χ3v) is 15.1. The maximum absolute atomic E-state index is 13.0. The van der Waals surface area contributed by atoms with Crippen molar-refractivity contribution in [1.29, 1.82) is 0 Å². The molecule has 5 aliphatic carbocycles. The molecule has 0 heterocycles. The Morgan fingerprint density at radius 3 is 2.04 bits per heavy atom. The molecular weight excluding hydrogens is 592 g/mol. The van der Waals surface area contributed by atoms with Crippen LogP contribution in [0.4, 0.5) is 0 Å². The van der Waals surface area contributed by atoms with Crippen LogP contribution in [0.5, 0.6) is 0 Å². The van der Waals surface area contributed by atoms with E-state index in [2.05, 4.69) is 85.9 Å². The lowest BCUT2D eigenvalue weighted by Gasteiger charge is -2.60. The van der Waals surface area contributed by atoms with Gasteiger partial charge in [-0.1, -0.05) is 96.8 Å². The Balaban J connectivity index is 1.12. The molecule has 4 unspecified atom stereocenters. The molecule has 0 aliphatic heterocycles. The molecule has 4 heteroatoms. The van der Waals surface area contributed by atoms with Crippen LogP contribution in [0.25, 0.3) is 0 Å². The molecule has 0 saturated heterocycles. The van der Waals surface area contributed by atoms with Crippen LogP contribution in [0, 0.1) is 56.7 Å². The molecule has 3 fully saturated rings. The molecular formula is C44H68O4. The van der Waals surface area contributed by atoms with Crippen LogP contribution in [0.3, 0.4) is 0 Å². The number of rotatable bonds is 12. The van der Waals surface area contributed by atoms with Crippen LogP contribution < -0.4 is 0 Å². The Morgan fingerprint density at radius 1 is 0.833 bits per heavy atom. The second kappa shape index (κ2) is 14.3. The molecule has 0 aromatic rings. The van der Waals surface area contributed by atoms with Gasteiger partial charge < -0.3 is 9.47 Å². The molecule has 0 spiro atoms. The maximum atomic E-state index is 13.0. The Bertz CT molecular complexity index is 1290. The van der Waals surface area contributed by atoms with Crippen molar-refractivity contribution in [2.24, 2.45) is 56.7 Å². The van der Waals surface area contributed by atoms with Gasteiger partial charge in [0, 0.05) is 5.41 Å². The third-order valence-electron chi connectivity index (χ3n) is 15.1. The zero-order chi connectivity index (χ0) is 35.0. The first-order chi connectivity index (χ1) is 22.7. The average molecular weight is 661 g/mol. The fraction of sp³-hybridized carbons (Fsp3) is 0.773. The molecule has 0 N–H and O–H groups in total. The summed E-state index contributed by atoms with van der Waals surface area (Å²) in [7, 11) is 0. The highest BCUT2D eigenvalue weighted by Crippen LogP contribution is 2.65. The Hall–Kier alpha value is -2.10. The minimum absolute atomic E-state index is 0.0481. The normalized spacial score (nSPS) is 41.3. The van der Waals surface area contributed by atoms with Gasteiger partial charge in [0.05, 0.1) is 26.1 Å². The van der Waals surface area contributed by atoms with E-state index in [0.29, 0.717) is 36.9 Å².